The van der Waals surface area contributed by atoms with Crippen LogP contribution in [-0.4, -0.2) is 32.9 Å². The first-order valence-corrected chi connectivity index (χ1v) is 11.5. The molecule has 1 aliphatic carbocycles. The summed E-state index contributed by atoms with van der Waals surface area (Å²) in [5.74, 6) is 1.44. The van der Waals surface area contributed by atoms with Crippen LogP contribution >= 0.6 is 0 Å². The summed E-state index contributed by atoms with van der Waals surface area (Å²) in [4.78, 5) is 23.4. The van der Waals surface area contributed by atoms with Gasteiger partial charge in [0, 0.05) is 25.8 Å². The number of benzene rings is 2. The van der Waals surface area contributed by atoms with Crippen molar-refractivity contribution in [1.29, 1.82) is 0 Å². The largest absolute Gasteiger partial charge is 0.468 e. The maximum atomic E-state index is 13.3. The Hall–Kier alpha value is -3.63. The Labute approximate surface area is 192 Å². The summed E-state index contributed by atoms with van der Waals surface area (Å²) in [6, 6.07) is 11.8. The highest BCUT2D eigenvalue weighted by molar-refractivity contribution is 5.84. The first-order valence-electron chi connectivity index (χ1n) is 11.5. The smallest absolute Gasteiger partial charge is 0.240 e. The number of ether oxygens (including phenoxy) is 1. The van der Waals surface area contributed by atoms with Crippen LogP contribution in [-0.2, 0) is 24.3 Å². The Morgan fingerprint density at radius 2 is 2.12 bits per heavy atom. The van der Waals surface area contributed by atoms with E-state index >= 15 is 0 Å². The molecule has 0 saturated carbocycles. The summed E-state index contributed by atoms with van der Waals surface area (Å²) in [6.07, 6.45) is 7.51. The number of hydrogen-bond donors (Lipinski definition) is 1. The number of nitrogens with one attached hydrogen (secondary N) is 1. The van der Waals surface area contributed by atoms with E-state index in [4.69, 9.17) is 11.3 Å². The Kier molecular flexibility index (Phi) is 4.88. The molecule has 0 radical (unpaired) electrons. The normalized spacial score (nSPS) is 21.8. The van der Waals surface area contributed by atoms with E-state index in [9.17, 15) is 4.79 Å². The van der Waals surface area contributed by atoms with Crippen LogP contribution in [0.3, 0.4) is 0 Å². The van der Waals surface area contributed by atoms with Crippen molar-refractivity contribution >= 4 is 11.6 Å². The molecule has 0 spiro atoms. The zero-order valence-corrected chi connectivity index (χ0v) is 18.3. The Morgan fingerprint density at radius 3 is 3.03 bits per heavy atom. The number of carbonyl (C=O) groups excluding carboxylic acids is 1. The number of imidazole rings is 1. The number of nitrogens with zero attached hydrogens (tertiary/aromatic N) is 4. The average molecular weight is 440 g/mol. The summed E-state index contributed by atoms with van der Waals surface area (Å²) in [7, 11) is 0. The molecular formula is C26H25N5O2. The van der Waals surface area contributed by atoms with E-state index in [-0.39, 0.29) is 18.0 Å². The summed E-state index contributed by atoms with van der Waals surface area (Å²) in [5, 5.41) is 3.48. The lowest BCUT2D eigenvalue weighted by Gasteiger charge is -2.33. The quantitative estimate of drug-likeness (QED) is 0.529. The SMILES string of the molecule is [C-]#[N+]c1ccc2cc1Oc1ccc3c(c1)C(CCC3)N1CC[C@@H](NCc3cncn3C2)C1=O. The molecule has 2 atom stereocenters. The van der Waals surface area contributed by atoms with Gasteiger partial charge in [-0.15, -0.1) is 0 Å². The zero-order chi connectivity index (χ0) is 22.4. The fourth-order valence-corrected chi connectivity index (χ4v) is 5.36. The maximum absolute atomic E-state index is 13.3. The van der Waals surface area contributed by atoms with Crippen LogP contribution < -0.4 is 10.1 Å². The minimum atomic E-state index is -0.171. The predicted octanol–water partition coefficient (Wildman–Crippen LogP) is 4.36. The van der Waals surface area contributed by atoms with E-state index in [0.29, 0.717) is 30.3 Å². The monoisotopic (exact) mass is 439 g/mol. The second-order valence-corrected chi connectivity index (χ2v) is 9.05. The van der Waals surface area contributed by atoms with E-state index in [1.165, 1.54) is 11.1 Å². The van der Waals surface area contributed by atoms with Crippen LogP contribution in [0.15, 0.2) is 48.9 Å². The van der Waals surface area contributed by atoms with Crippen molar-refractivity contribution in [1.82, 2.24) is 19.8 Å². The fourth-order valence-electron chi connectivity index (χ4n) is 5.36. The van der Waals surface area contributed by atoms with Crippen molar-refractivity contribution in [2.24, 2.45) is 0 Å². The summed E-state index contributed by atoms with van der Waals surface area (Å²) in [5.41, 5.74) is 5.00. The van der Waals surface area contributed by atoms with Gasteiger partial charge >= 0.3 is 0 Å². The lowest BCUT2D eigenvalue weighted by Crippen LogP contribution is -2.40. The molecule has 2 aromatic carbocycles. The van der Waals surface area contributed by atoms with Crippen LogP contribution in [0.25, 0.3) is 4.85 Å². The molecule has 1 aromatic heterocycles. The van der Waals surface area contributed by atoms with Crippen molar-refractivity contribution in [3.05, 3.63) is 82.7 Å². The highest BCUT2D eigenvalue weighted by atomic mass is 16.5. The minimum Gasteiger partial charge on any atom is -0.468 e. The van der Waals surface area contributed by atoms with Crippen molar-refractivity contribution in [2.45, 2.75) is 50.9 Å². The third-order valence-electron chi connectivity index (χ3n) is 7.07. The van der Waals surface area contributed by atoms with E-state index in [2.05, 4.69) is 31.8 Å². The van der Waals surface area contributed by atoms with Crippen molar-refractivity contribution in [3.8, 4) is 11.5 Å². The molecule has 2 aliphatic heterocycles. The van der Waals surface area contributed by atoms with Crippen LogP contribution in [0.1, 0.15) is 47.7 Å². The van der Waals surface area contributed by atoms with Gasteiger partial charge in [-0.2, -0.15) is 0 Å². The van der Waals surface area contributed by atoms with E-state index in [0.717, 1.165) is 43.5 Å². The number of rotatable bonds is 0. The first-order chi connectivity index (χ1) is 16.2. The van der Waals surface area contributed by atoms with Crippen LogP contribution in [0, 0.1) is 6.57 Å². The third kappa shape index (κ3) is 3.57. The molecule has 1 fully saturated rings. The molecule has 1 unspecified atom stereocenters. The molecule has 3 aromatic rings. The first kappa shape index (κ1) is 20.0. The molecule has 6 rings (SSSR count). The zero-order valence-electron chi connectivity index (χ0n) is 18.3. The van der Waals surface area contributed by atoms with E-state index < -0.39 is 0 Å². The number of amides is 1. The third-order valence-corrected chi connectivity index (χ3v) is 7.07. The second-order valence-electron chi connectivity index (χ2n) is 9.05. The Balaban J connectivity index is 1.46. The van der Waals surface area contributed by atoms with E-state index in [1.54, 1.807) is 6.33 Å². The maximum Gasteiger partial charge on any atom is 0.240 e. The molecule has 1 saturated heterocycles. The van der Waals surface area contributed by atoms with Gasteiger partial charge in [0.1, 0.15) is 11.5 Å². The molecule has 1 N–H and O–H groups in total. The van der Waals surface area contributed by atoms with Gasteiger partial charge in [0.15, 0.2) is 0 Å². The summed E-state index contributed by atoms with van der Waals surface area (Å²) >= 11 is 0. The predicted molar refractivity (Wildman–Crippen MR) is 123 cm³/mol. The van der Waals surface area contributed by atoms with Crippen molar-refractivity contribution < 1.29 is 9.53 Å². The van der Waals surface area contributed by atoms with Crippen LogP contribution in [0.2, 0.25) is 0 Å². The number of fused-ring (bicyclic) bond motifs is 7. The second kappa shape index (κ2) is 8.05. The minimum absolute atomic E-state index is 0.0710. The molecular weight excluding hydrogens is 414 g/mol. The van der Waals surface area contributed by atoms with Gasteiger partial charge < -0.3 is 19.5 Å². The Morgan fingerprint density at radius 1 is 1.18 bits per heavy atom. The lowest BCUT2D eigenvalue weighted by atomic mass is 9.86. The average Bonchev–Trinajstić information content (AvgIpc) is 3.43. The van der Waals surface area contributed by atoms with E-state index in [1.807, 2.05) is 35.4 Å². The van der Waals surface area contributed by atoms with Gasteiger partial charge in [0.05, 0.1) is 30.7 Å². The Bertz CT molecular complexity index is 1270. The molecule has 3 aliphatic rings. The molecule has 6 bridgehead atoms. The molecule has 33 heavy (non-hydrogen) atoms. The van der Waals surface area contributed by atoms with Gasteiger partial charge in [-0.05, 0) is 60.6 Å². The molecule has 7 nitrogen and oxygen atoms in total. The van der Waals surface area contributed by atoms with Gasteiger partial charge in [-0.3, -0.25) is 4.79 Å². The highest BCUT2D eigenvalue weighted by Gasteiger charge is 2.38. The molecule has 166 valence electrons. The molecule has 1 amide bonds. The molecule has 7 heteroatoms. The van der Waals surface area contributed by atoms with Crippen molar-refractivity contribution in [3.63, 3.8) is 0 Å². The van der Waals surface area contributed by atoms with Crippen LogP contribution in [0.4, 0.5) is 5.69 Å². The van der Waals surface area contributed by atoms with Gasteiger partial charge in [0.25, 0.3) is 0 Å². The lowest BCUT2D eigenvalue weighted by molar-refractivity contribution is -0.131. The fraction of sp³-hybridized carbons (Fsp3) is 0.346. The molecule has 3 heterocycles. The number of hydrogen-bond acceptors (Lipinski definition) is 4. The number of carbonyl (C=O) groups is 1. The van der Waals surface area contributed by atoms with Gasteiger partial charge in [0.2, 0.25) is 11.6 Å². The van der Waals surface area contributed by atoms with Crippen LogP contribution in [0.5, 0.6) is 11.5 Å². The summed E-state index contributed by atoms with van der Waals surface area (Å²) in [6.45, 7) is 9.54. The highest BCUT2D eigenvalue weighted by Crippen LogP contribution is 2.40. The standard InChI is InChI=1S/C26H25N5O2/c1-27-22-8-5-17-11-25(22)33-20-7-6-18-3-2-4-24(21(18)12-20)31-10-9-23(26(31)32)29-14-19-13-28-16-30(19)15-17/h5-8,11-13,16,23-24,29H,2-4,9-10,14-15H2/t23-,24?/m1/s1. The topological polar surface area (TPSA) is 63.8 Å². The van der Waals surface area contributed by atoms with Gasteiger partial charge in [-0.1, -0.05) is 18.2 Å². The van der Waals surface area contributed by atoms with Crippen molar-refractivity contribution in [2.75, 3.05) is 6.54 Å². The number of aromatic nitrogens is 2. The number of aryl methyl sites for hydroxylation is 1. The van der Waals surface area contributed by atoms with Gasteiger partial charge in [-0.25, -0.2) is 9.83 Å². The summed E-state index contributed by atoms with van der Waals surface area (Å²) < 4.78 is 8.35.